The highest BCUT2D eigenvalue weighted by Gasteiger charge is 2.14. The normalized spacial score (nSPS) is 12.9. The Morgan fingerprint density at radius 3 is 2.67 bits per heavy atom. The molecular weight excluding hydrogens is 230 g/mol. The molecule has 0 saturated heterocycles. The molecule has 1 unspecified atom stereocenters. The van der Waals surface area contributed by atoms with Crippen LogP contribution in [0, 0.1) is 0 Å². The number of hydrogen-bond acceptors (Lipinski definition) is 5. The standard InChI is InChI=1S/C13H23N3O2/c1-11(10-18-3)16(6-7-17-2)9-12-4-5-13(14)15-8-12/h4-5,8,11H,6-7,9-10H2,1-3H3,(H2,14,15). The van der Waals surface area contributed by atoms with Crippen molar-refractivity contribution in [3.05, 3.63) is 23.9 Å². The molecular formula is C13H23N3O2. The fraction of sp³-hybridized carbons (Fsp3) is 0.615. The number of hydrogen-bond donors (Lipinski definition) is 1. The first-order chi connectivity index (χ1) is 8.67. The molecule has 0 bridgehead atoms. The van der Waals surface area contributed by atoms with Crippen molar-refractivity contribution in [3.8, 4) is 0 Å². The summed E-state index contributed by atoms with van der Waals surface area (Å²) in [6.45, 7) is 5.24. The quantitative estimate of drug-likeness (QED) is 0.753. The minimum atomic E-state index is 0.336. The van der Waals surface area contributed by atoms with Crippen LogP contribution in [0.25, 0.3) is 0 Å². The maximum atomic E-state index is 5.58. The Morgan fingerprint density at radius 2 is 2.11 bits per heavy atom. The van der Waals surface area contributed by atoms with Crippen molar-refractivity contribution >= 4 is 5.82 Å². The van der Waals surface area contributed by atoms with Crippen LogP contribution >= 0.6 is 0 Å². The summed E-state index contributed by atoms with van der Waals surface area (Å²) in [4.78, 5) is 6.41. The minimum absolute atomic E-state index is 0.336. The molecule has 0 fully saturated rings. The van der Waals surface area contributed by atoms with Crippen LogP contribution in [0.15, 0.2) is 18.3 Å². The Morgan fingerprint density at radius 1 is 1.33 bits per heavy atom. The smallest absolute Gasteiger partial charge is 0.123 e. The van der Waals surface area contributed by atoms with Crippen LogP contribution in [0.2, 0.25) is 0 Å². The molecule has 2 N–H and O–H groups in total. The summed E-state index contributed by atoms with van der Waals surface area (Å²) in [6.07, 6.45) is 1.81. The zero-order valence-electron chi connectivity index (χ0n) is 11.4. The molecule has 0 radical (unpaired) electrons. The van der Waals surface area contributed by atoms with Gasteiger partial charge in [0, 0.05) is 39.5 Å². The molecule has 0 saturated carbocycles. The van der Waals surface area contributed by atoms with Crippen LogP contribution < -0.4 is 5.73 Å². The first-order valence-corrected chi connectivity index (χ1v) is 6.09. The first-order valence-electron chi connectivity index (χ1n) is 6.09. The molecule has 18 heavy (non-hydrogen) atoms. The van der Waals surface area contributed by atoms with Crippen molar-refractivity contribution in [3.63, 3.8) is 0 Å². The molecule has 1 heterocycles. The van der Waals surface area contributed by atoms with Gasteiger partial charge in [0.1, 0.15) is 5.82 Å². The van der Waals surface area contributed by atoms with E-state index >= 15 is 0 Å². The highest BCUT2D eigenvalue weighted by molar-refractivity contribution is 5.29. The molecule has 1 aromatic heterocycles. The Kier molecular flexibility index (Phi) is 6.64. The van der Waals surface area contributed by atoms with Gasteiger partial charge in [0.15, 0.2) is 0 Å². The van der Waals surface area contributed by atoms with E-state index in [1.807, 2.05) is 18.3 Å². The average molecular weight is 253 g/mol. The fourth-order valence-corrected chi connectivity index (χ4v) is 1.77. The Bertz CT molecular complexity index is 330. The van der Waals surface area contributed by atoms with Crippen molar-refractivity contribution in [2.75, 3.05) is 39.7 Å². The molecule has 0 aliphatic carbocycles. The predicted octanol–water partition coefficient (Wildman–Crippen LogP) is 1.15. The summed E-state index contributed by atoms with van der Waals surface area (Å²) >= 11 is 0. The van der Waals surface area contributed by atoms with Gasteiger partial charge in [0.2, 0.25) is 0 Å². The second kappa shape index (κ2) is 8.02. The zero-order chi connectivity index (χ0) is 13.4. The van der Waals surface area contributed by atoms with E-state index in [9.17, 15) is 0 Å². The highest BCUT2D eigenvalue weighted by atomic mass is 16.5. The second-order valence-corrected chi connectivity index (χ2v) is 4.36. The molecule has 0 aromatic carbocycles. The monoisotopic (exact) mass is 253 g/mol. The van der Waals surface area contributed by atoms with Crippen LogP contribution in [0.3, 0.4) is 0 Å². The van der Waals surface area contributed by atoms with Crippen molar-refractivity contribution in [1.29, 1.82) is 0 Å². The largest absolute Gasteiger partial charge is 0.384 e. The summed E-state index contributed by atoms with van der Waals surface area (Å²) in [7, 11) is 3.43. The molecule has 0 amide bonds. The van der Waals surface area contributed by atoms with Gasteiger partial charge >= 0.3 is 0 Å². The molecule has 1 rings (SSSR count). The van der Waals surface area contributed by atoms with Gasteiger partial charge < -0.3 is 15.2 Å². The number of anilines is 1. The van der Waals surface area contributed by atoms with E-state index in [0.29, 0.717) is 25.1 Å². The number of aromatic nitrogens is 1. The molecule has 5 nitrogen and oxygen atoms in total. The SMILES string of the molecule is COCCN(Cc1ccc(N)nc1)C(C)COC. The van der Waals surface area contributed by atoms with E-state index < -0.39 is 0 Å². The van der Waals surface area contributed by atoms with E-state index in [2.05, 4.69) is 16.8 Å². The molecule has 0 aliphatic heterocycles. The van der Waals surface area contributed by atoms with Crippen LogP contribution in [-0.2, 0) is 16.0 Å². The van der Waals surface area contributed by atoms with Gasteiger partial charge in [0.05, 0.1) is 13.2 Å². The second-order valence-electron chi connectivity index (χ2n) is 4.36. The topological polar surface area (TPSA) is 60.6 Å². The lowest BCUT2D eigenvalue weighted by atomic mass is 10.2. The lowest BCUT2D eigenvalue weighted by Gasteiger charge is -2.28. The lowest BCUT2D eigenvalue weighted by molar-refractivity contribution is 0.0704. The lowest BCUT2D eigenvalue weighted by Crippen LogP contribution is -2.38. The summed E-state index contributed by atoms with van der Waals surface area (Å²) in [5.74, 6) is 0.548. The predicted molar refractivity (Wildman–Crippen MR) is 72.3 cm³/mol. The van der Waals surface area contributed by atoms with Crippen molar-refractivity contribution in [2.45, 2.75) is 19.5 Å². The number of nitrogens with two attached hydrogens (primary N) is 1. The summed E-state index contributed by atoms with van der Waals surface area (Å²) in [6, 6.07) is 4.16. The average Bonchev–Trinajstić information content (AvgIpc) is 2.37. The third-order valence-electron chi connectivity index (χ3n) is 2.85. The Balaban J connectivity index is 2.61. The number of pyridine rings is 1. The van der Waals surface area contributed by atoms with E-state index in [0.717, 1.165) is 18.7 Å². The van der Waals surface area contributed by atoms with Crippen LogP contribution in [0.4, 0.5) is 5.82 Å². The molecule has 1 aromatic rings. The van der Waals surface area contributed by atoms with E-state index in [1.54, 1.807) is 14.2 Å². The van der Waals surface area contributed by atoms with Gasteiger partial charge in [0.25, 0.3) is 0 Å². The third-order valence-corrected chi connectivity index (χ3v) is 2.85. The van der Waals surface area contributed by atoms with E-state index in [1.165, 1.54) is 0 Å². The summed E-state index contributed by atoms with van der Waals surface area (Å²) < 4.78 is 10.3. The van der Waals surface area contributed by atoms with Crippen LogP contribution in [-0.4, -0.2) is 49.9 Å². The van der Waals surface area contributed by atoms with Crippen molar-refractivity contribution in [2.24, 2.45) is 0 Å². The minimum Gasteiger partial charge on any atom is -0.384 e. The van der Waals surface area contributed by atoms with Crippen LogP contribution in [0.5, 0.6) is 0 Å². The maximum absolute atomic E-state index is 5.58. The number of rotatable bonds is 8. The van der Waals surface area contributed by atoms with Gasteiger partial charge in [-0.15, -0.1) is 0 Å². The molecule has 1 atom stereocenters. The maximum Gasteiger partial charge on any atom is 0.123 e. The number of ether oxygens (including phenoxy) is 2. The number of nitrogens with zero attached hydrogens (tertiary/aromatic N) is 2. The van der Waals surface area contributed by atoms with E-state index in [-0.39, 0.29) is 0 Å². The number of methoxy groups -OCH3 is 2. The molecule has 0 aliphatic rings. The van der Waals surface area contributed by atoms with Gasteiger partial charge in [-0.05, 0) is 18.6 Å². The Hall–Kier alpha value is -1.17. The highest BCUT2D eigenvalue weighted by Crippen LogP contribution is 2.09. The molecule has 102 valence electrons. The van der Waals surface area contributed by atoms with Gasteiger partial charge in [-0.1, -0.05) is 6.07 Å². The molecule has 0 spiro atoms. The van der Waals surface area contributed by atoms with Gasteiger partial charge in [-0.3, -0.25) is 4.90 Å². The van der Waals surface area contributed by atoms with Gasteiger partial charge in [-0.2, -0.15) is 0 Å². The number of nitrogen functional groups attached to an aromatic ring is 1. The first kappa shape index (κ1) is 14.9. The Labute approximate surface area is 109 Å². The summed E-state index contributed by atoms with van der Waals surface area (Å²) in [5, 5.41) is 0. The molecule has 5 heteroatoms. The van der Waals surface area contributed by atoms with Crippen molar-refractivity contribution in [1.82, 2.24) is 9.88 Å². The van der Waals surface area contributed by atoms with E-state index in [4.69, 9.17) is 15.2 Å². The third kappa shape index (κ3) is 5.00. The van der Waals surface area contributed by atoms with Crippen LogP contribution in [0.1, 0.15) is 12.5 Å². The summed E-state index contributed by atoms with van der Waals surface area (Å²) in [5.41, 5.74) is 6.72. The zero-order valence-corrected chi connectivity index (χ0v) is 11.4. The van der Waals surface area contributed by atoms with Crippen molar-refractivity contribution < 1.29 is 9.47 Å². The van der Waals surface area contributed by atoms with Gasteiger partial charge in [-0.25, -0.2) is 4.98 Å². The fourth-order valence-electron chi connectivity index (χ4n) is 1.77.